The van der Waals surface area contributed by atoms with Gasteiger partial charge in [0, 0.05) is 51.4 Å². The Kier molecular flexibility index (Phi) is 6.29. The van der Waals surface area contributed by atoms with Gasteiger partial charge in [0.25, 0.3) is 5.91 Å². The molecule has 10 heteroatoms. The topological polar surface area (TPSA) is 108 Å². The zero-order valence-corrected chi connectivity index (χ0v) is 20.5. The third-order valence-corrected chi connectivity index (χ3v) is 7.33. The third kappa shape index (κ3) is 4.93. The molecule has 2 aromatic heterocycles. The first-order chi connectivity index (χ1) is 16.9. The van der Waals surface area contributed by atoms with Gasteiger partial charge in [-0.15, -0.1) is 11.3 Å². The molecule has 0 bridgehead atoms. The summed E-state index contributed by atoms with van der Waals surface area (Å²) in [5.74, 6) is 0.506. The van der Waals surface area contributed by atoms with E-state index in [4.69, 9.17) is 4.98 Å². The van der Waals surface area contributed by atoms with Crippen LogP contribution in [0.4, 0.5) is 11.6 Å². The van der Waals surface area contributed by atoms with Gasteiger partial charge in [0.15, 0.2) is 5.01 Å². The maximum absolute atomic E-state index is 13.1. The van der Waals surface area contributed by atoms with Crippen LogP contribution in [0.15, 0.2) is 30.5 Å². The Morgan fingerprint density at radius 2 is 1.80 bits per heavy atom. The molecule has 180 valence electrons. The molecular formula is C25H26N6O3S. The van der Waals surface area contributed by atoms with Crippen LogP contribution in [0.2, 0.25) is 0 Å². The molecule has 0 atom stereocenters. The number of amides is 2. The molecule has 0 saturated carbocycles. The summed E-state index contributed by atoms with van der Waals surface area (Å²) in [7, 11) is 0. The number of ketones is 1. The van der Waals surface area contributed by atoms with Crippen LogP contribution in [0.25, 0.3) is 10.6 Å². The summed E-state index contributed by atoms with van der Waals surface area (Å²) in [5.41, 5.74) is 4.47. The number of Topliss-reactive ketones (excluding diaryl/α,β-unsaturated/α-hetero) is 1. The summed E-state index contributed by atoms with van der Waals surface area (Å²) in [6.07, 6.45) is 3.72. The highest BCUT2D eigenvalue weighted by Crippen LogP contribution is 2.37. The molecule has 1 fully saturated rings. The molecule has 1 aliphatic carbocycles. The summed E-state index contributed by atoms with van der Waals surface area (Å²) in [6.45, 7) is 5.24. The monoisotopic (exact) mass is 490 g/mol. The SMILES string of the molecule is CC(=O)Cc1cccc(Nc2ncc3c(n2)-c2sc(C(=O)N4CCN(C(C)=O)CC4)nc2CC3)c1. The number of nitrogens with one attached hydrogen (secondary N) is 1. The fraction of sp³-hybridized carbons (Fsp3) is 0.360. The Hall–Kier alpha value is -3.66. The van der Waals surface area contributed by atoms with Crippen LogP contribution in [0, 0.1) is 0 Å². The molecule has 1 aromatic carbocycles. The lowest BCUT2D eigenvalue weighted by Crippen LogP contribution is -2.50. The number of carbonyl (C=O) groups excluding carboxylic acids is 3. The number of benzene rings is 1. The Bertz CT molecular complexity index is 1310. The fourth-order valence-corrected chi connectivity index (χ4v) is 5.54. The number of nitrogens with zero attached hydrogens (tertiary/aromatic N) is 5. The van der Waals surface area contributed by atoms with Crippen LogP contribution >= 0.6 is 11.3 Å². The minimum absolute atomic E-state index is 0.0353. The minimum Gasteiger partial charge on any atom is -0.339 e. The highest BCUT2D eigenvalue weighted by atomic mass is 32.1. The van der Waals surface area contributed by atoms with Crippen molar-refractivity contribution >= 4 is 40.6 Å². The Labute approximate surface area is 207 Å². The third-order valence-electron chi connectivity index (χ3n) is 6.24. The predicted molar refractivity (Wildman–Crippen MR) is 133 cm³/mol. The van der Waals surface area contributed by atoms with Crippen molar-refractivity contribution in [3.05, 3.63) is 52.3 Å². The van der Waals surface area contributed by atoms with E-state index < -0.39 is 0 Å². The lowest BCUT2D eigenvalue weighted by molar-refractivity contribution is -0.130. The largest absolute Gasteiger partial charge is 0.339 e. The van der Waals surface area contributed by atoms with E-state index in [1.807, 2.05) is 30.5 Å². The van der Waals surface area contributed by atoms with E-state index in [-0.39, 0.29) is 17.6 Å². The number of aromatic nitrogens is 3. The van der Waals surface area contributed by atoms with Gasteiger partial charge in [0.05, 0.1) is 16.3 Å². The maximum atomic E-state index is 13.1. The van der Waals surface area contributed by atoms with Gasteiger partial charge in [-0.25, -0.2) is 15.0 Å². The number of anilines is 2. The Morgan fingerprint density at radius 3 is 2.54 bits per heavy atom. The highest BCUT2D eigenvalue weighted by Gasteiger charge is 2.29. The molecule has 1 N–H and O–H groups in total. The number of hydrogen-bond acceptors (Lipinski definition) is 8. The number of hydrogen-bond donors (Lipinski definition) is 1. The minimum atomic E-state index is -0.0937. The standard InChI is InChI=1S/C25H26N6O3S/c1-15(32)12-17-4-3-5-19(13-17)27-25-26-14-18-6-7-20-22(21(18)29-25)35-23(28-20)24(34)31-10-8-30(9-11-31)16(2)33/h3-5,13-14H,6-12H2,1-2H3,(H,26,27,29). The van der Waals surface area contributed by atoms with Crippen molar-refractivity contribution < 1.29 is 14.4 Å². The molecule has 2 aliphatic rings. The van der Waals surface area contributed by atoms with E-state index >= 15 is 0 Å². The lowest BCUT2D eigenvalue weighted by atomic mass is 10.00. The van der Waals surface area contributed by atoms with Crippen molar-refractivity contribution in [2.75, 3.05) is 31.5 Å². The fourth-order valence-electron chi connectivity index (χ4n) is 4.43. The highest BCUT2D eigenvalue weighted by molar-refractivity contribution is 7.17. The van der Waals surface area contributed by atoms with E-state index in [0.717, 1.165) is 45.9 Å². The van der Waals surface area contributed by atoms with Crippen molar-refractivity contribution in [3.8, 4) is 10.6 Å². The van der Waals surface area contributed by atoms with Crippen LogP contribution in [0.5, 0.6) is 0 Å². The summed E-state index contributed by atoms with van der Waals surface area (Å²) in [4.78, 5) is 54.5. The van der Waals surface area contributed by atoms with Crippen LogP contribution in [-0.4, -0.2) is 68.5 Å². The number of thiazole rings is 1. The Balaban J connectivity index is 1.36. The van der Waals surface area contributed by atoms with Gasteiger partial charge in [0.1, 0.15) is 5.78 Å². The molecule has 0 unspecified atom stereocenters. The first-order valence-electron chi connectivity index (χ1n) is 11.6. The van der Waals surface area contributed by atoms with E-state index in [0.29, 0.717) is 43.6 Å². The van der Waals surface area contributed by atoms with Crippen molar-refractivity contribution in [2.24, 2.45) is 0 Å². The second kappa shape index (κ2) is 9.53. The normalized spacial score (nSPS) is 14.8. The predicted octanol–water partition coefficient (Wildman–Crippen LogP) is 2.88. The summed E-state index contributed by atoms with van der Waals surface area (Å²) < 4.78 is 0. The molecule has 1 aliphatic heterocycles. The molecule has 0 radical (unpaired) electrons. The van der Waals surface area contributed by atoms with E-state index in [9.17, 15) is 14.4 Å². The molecule has 2 amide bonds. The number of carbonyl (C=O) groups is 3. The van der Waals surface area contributed by atoms with Gasteiger partial charge in [-0.05, 0) is 43.0 Å². The Morgan fingerprint density at radius 1 is 1.03 bits per heavy atom. The molecule has 0 spiro atoms. The summed E-state index contributed by atoms with van der Waals surface area (Å²) in [6, 6.07) is 7.65. The zero-order valence-electron chi connectivity index (χ0n) is 19.7. The second-order valence-electron chi connectivity index (χ2n) is 8.86. The van der Waals surface area contributed by atoms with Gasteiger partial charge in [-0.3, -0.25) is 14.4 Å². The van der Waals surface area contributed by atoms with Gasteiger partial charge < -0.3 is 15.1 Å². The van der Waals surface area contributed by atoms with Gasteiger partial charge in [-0.2, -0.15) is 0 Å². The lowest BCUT2D eigenvalue weighted by Gasteiger charge is -2.33. The summed E-state index contributed by atoms with van der Waals surface area (Å²) in [5, 5.41) is 3.70. The molecule has 3 heterocycles. The average Bonchev–Trinajstić information content (AvgIpc) is 3.28. The maximum Gasteiger partial charge on any atom is 0.282 e. The quantitative estimate of drug-likeness (QED) is 0.586. The molecule has 1 saturated heterocycles. The number of piperazine rings is 1. The van der Waals surface area contributed by atoms with E-state index in [1.165, 1.54) is 11.3 Å². The van der Waals surface area contributed by atoms with Crippen LogP contribution in [0.3, 0.4) is 0 Å². The van der Waals surface area contributed by atoms with Gasteiger partial charge in [0.2, 0.25) is 11.9 Å². The van der Waals surface area contributed by atoms with E-state index in [2.05, 4.69) is 15.3 Å². The number of rotatable bonds is 5. The molecule has 9 nitrogen and oxygen atoms in total. The molecular weight excluding hydrogens is 464 g/mol. The van der Waals surface area contributed by atoms with Gasteiger partial charge >= 0.3 is 0 Å². The van der Waals surface area contributed by atoms with Crippen LogP contribution in [0.1, 0.15) is 40.5 Å². The van der Waals surface area contributed by atoms with Crippen molar-refractivity contribution in [2.45, 2.75) is 33.1 Å². The van der Waals surface area contributed by atoms with Crippen LogP contribution < -0.4 is 5.32 Å². The molecule has 3 aromatic rings. The average molecular weight is 491 g/mol. The smallest absolute Gasteiger partial charge is 0.282 e. The van der Waals surface area contributed by atoms with Crippen molar-refractivity contribution in [3.63, 3.8) is 0 Å². The number of fused-ring (bicyclic) bond motifs is 3. The first-order valence-corrected chi connectivity index (χ1v) is 12.4. The van der Waals surface area contributed by atoms with Crippen LogP contribution in [-0.2, 0) is 28.9 Å². The van der Waals surface area contributed by atoms with E-state index in [1.54, 1.807) is 23.6 Å². The molecule has 5 rings (SSSR count). The van der Waals surface area contributed by atoms with Crippen molar-refractivity contribution in [1.29, 1.82) is 0 Å². The van der Waals surface area contributed by atoms with Gasteiger partial charge in [-0.1, -0.05) is 12.1 Å². The molecule has 35 heavy (non-hydrogen) atoms. The summed E-state index contributed by atoms with van der Waals surface area (Å²) >= 11 is 1.37. The van der Waals surface area contributed by atoms with Crippen molar-refractivity contribution in [1.82, 2.24) is 24.8 Å². The second-order valence-corrected chi connectivity index (χ2v) is 9.86. The zero-order chi connectivity index (χ0) is 24.5. The first kappa shape index (κ1) is 23.1. The number of aryl methyl sites for hydroxylation is 2.